The van der Waals surface area contributed by atoms with E-state index in [1.807, 2.05) is 37.3 Å². The number of likely N-dealkylation sites (N-methyl/N-ethyl adjacent to an activating group) is 1. The van der Waals surface area contributed by atoms with E-state index < -0.39 is 11.6 Å². The molecule has 0 radical (unpaired) electrons. The number of carbonyl (C=O) groups is 1. The van der Waals surface area contributed by atoms with Gasteiger partial charge < -0.3 is 0 Å². The fourth-order valence-electron chi connectivity index (χ4n) is 2.25. The smallest absolute Gasteiger partial charge is 0.266 e. The van der Waals surface area contributed by atoms with Gasteiger partial charge in [0.1, 0.15) is 11.5 Å². The van der Waals surface area contributed by atoms with Crippen molar-refractivity contribution in [2.75, 3.05) is 6.54 Å². The molecule has 2 aromatic carbocycles. The van der Waals surface area contributed by atoms with E-state index in [0.29, 0.717) is 16.6 Å². The van der Waals surface area contributed by atoms with Crippen LogP contribution in [0.1, 0.15) is 12.5 Å². The van der Waals surface area contributed by atoms with E-state index >= 15 is 0 Å². The molecule has 24 heavy (non-hydrogen) atoms. The maximum Gasteiger partial charge on any atom is 0.266 e. The summed E-state index contributed by atoms with van der Waals surface area (Å²) in [5.74, 6) is -1.59. The Kier molecular flexibility index (Phi) is 4.76. The van der Waals surface area contributed by atoms with Crippen LogP contribution in [0.5, 0.6) is 0 Å². The van der Waals surface area contributed by atoms with Crippen LogP contribution in [0, 0.1) is 11.6 Å². The van der Waals surface area contributed by atoms with Gasteiger partial charge in [0.05, 0.1) is 4.91 Å². The lowest BCUT2D eigenvalue weighted by atomic mass is 10.2. The number of hydrogen-bond donors (Lipinski definition) is 0. The summed E-state index contributed by atoms with van der Waals surface area (Å²) >= 11 is 1.18. The molecule has 0 unspecified atom stereocenters. The third-order valence-electron chi connectivity index (χ3n) is 3.43. The van der Waals surface area contributed by atoms with Crippen molar-refractivity contribution in [3.63, 3.8) is 0 Å². The van der Waals surface area contributed by atoms with Crippen LogP contribution in [0.4, 0.5) is 14.5 Å². The molecule has 1 aliphatic rings. The number of benzene rings is 2. The van der Waals surface area contributed by atoms with Crippen molar-refractivity contribution in [1.29, 1.82) is 0 Å². The predicted octanol–water partition coefficient (Wildman–Crippen LogP) is 4.59. The fourth-order valence-corrected chi connectivity index (χ4v) is 3.30. The Morgan fingerprint density at radius 3 is 2.58 bits per heavy atom. The predicted molar refractivity (Wildman–Crippen MR) is 92.9 cm³/mol. The molecule has 0 aliphatic carbocycles. The van der Waals surface area contributed by atoms with Gasteiger partial charge in [-0.15, -0.1) is 0 Å². The van der Waals surface area contributed by atoms with Crippen LogP contribution in [0.2, 0.25) is 0 Å². The minimum absolute atomic E-state index is 0.00566. The average Bonchev–Trinajstić information content (AvgIpc) is 2.86. The van der Waals surface area contributed by atoms with E-state index in [4.69, 9.17) is 0 Å². The summed E-state index contributed by atoms with van der Waals surface area (Å²) in [5.41, 5.74) is 0.907. The quantitative estimate of drug-likeness (QED) is 0.763. The number of hydrogen-bond acceptors (Lipinski definition) is 3. The summed E-state index contributed by atoms with van der Waals surface area (Å²) < 4.78 is 26.8. The van der Waals surface area contributed by atoms with E-state index in [-0.39, 0.29) is 11.6 Å². The zero-order valence-corrected chi connectivity index (χ0v) is 13.7. The van der Waals surface area contributed by atoms with Gasteiger partial charge in [-0.1, -0.05) is 30.3 Å². The first kappa shape index (κ1) is 16.4. The van der Waals surface area contributed by atoms with Gasteiger partial charge in [0.25, 0.3) is 5.91 Å². The molecule has 6 heteroatoms. The SMILES string of the molecule is CCN1C(=O)/C(=C\c2ccccc2)SC1=Nc1ccc(F)cc1F. The second-order valence-electron chi connectivity index (χ2n) is 5.06. The minimum Gasteiger partial charge on any atom is -0.287 e. The van der Waals surface area contributed by atoms with Crippen LogP contribution in [-0.4, -0.2) is 22.5 Å². The molecule has 1 aliphatic heterocycles. The number of thioether (sulfide) groups is 1. The number of nitrogens with zero attached hydrogens (tertiary/aromatic N) is 2. The molecule has 0 spiro atoms. The van der Waals surface area contributed by atoms with Gasteiger partial charge in [-0.3, -0.25) is 9.69 Å². The monoisotopic (exact) mass is 344 g/mol. The normalized spacial score (nSPS) is 18.0. The van der Waals surface area contributed by atoms with Crippen molar-refractivity contribution in [1.82, 2.24) is 4.90 Å². The van der Waals surface area contributed by atoms with Gasteiger partial charge in [-0.05, 0) is 42.5 Å². The summed E-state index contributed by atoms with van der Waals surface area (Å²) in [7, 11) is 0. The second kappa shape index (κ2) is 6.97. The van der Waals surface area contributed by atoms with E-state index in [9.17, 15) is 13.6 Å². The second-order valence-corrected chi connectivity index (χ2v) is 6.07. The first-order valence-electron chi connectivity index (χ1n) is 7.38. The highest BCUT2D eigenvalue weighted by Gasteiger charge is 2.32. The fraction of sp³-hybridized carbons (Fsp3) is 0.111. The number of amidine groups is 1. The molecule has 1 fully saturated rings. The zero-order valence-electron chi connectivity index (χ0n) is 12.9. The molecule has 0 atom stereocenters. The highest BCUT2D eigenvalue weighted by Crippen LogP contribution is 2.34. The lowest BCUT2D eigenvalue weighted by Gasteiger charge is -2.12. The first-order chi connectivity index (χ1) is 11.6. The van der Waals surface area contributed by atoms with Gasteiger partial charge in [-0.25, -0.2) is 13.8 Å². The molecule has 0 aromatic heterocycles. The molecular formula is C18H14F2N2OS. The summed E-state index contributed by atoms with van der Waals surface area (Å²) in [6, 6.07) is 12.6. The Morgan fingerprint density at radius 1 is 1.17 bits per heavy atom. The molecule has 1 saturated heterocycles. The van der Waals surface area contributed by atoms with Gasteiger partial charge in [0.15, 0.2) is 11.0 Å². The van der Waals surface area contributed by atoms with Gasteiger partial charge in [0.2, 0.25) is 0 Å². The van der Waals surface area contributed by atoms with Crippen LogP contribution < -0.4 is 0 Å². The van der Waals surface area contributed by atoms with E-state index in [2.05, 4.69) is 4.99 Å². The van der Waals surface area contributed by atoms with Gasteiger partial charge >= 0.3 is 0 Å². The molecule has 3 rings (SSSR count). The van der Waals surface area contributed by atoms with Crippen LogP contribution >= 0.6 is 11.8 Å². The molecule has 1 heterocycles. The summed E-state index contributed by atoms with van der Waals surface area (Å²) in [6.45, 7) is 2.24. The van der Waals surface area contributed by atoms with Gasteiger partial charge in [0, 0.05) is 12.6 Å². The molecule has 0 bridgehead atoms. The molecular weight excluding hydrogens is 330 g/mol. The van der Waals surface area contributed by atoms with Crippen molar-refractivity contribution in [2.24, 2.45) is 4.99 Å². The maximum absolute atomic E-state index is 13.8. The Morgan fingerprint density at radius 2 is 1.92 bits per heavy atom. The largest absolute Gasteiger partial charge is 0.287 e. The maximum atomic E-state index is 13.8. The van der Waals surface area contributed by atoms with Crippen molar-refractivity contribution < 1.29 is 13.6 Å². The number of amides is 1. The lowest BCUT2D eigenvalue weighted by Crippen LogP contribution is -2.28. The Bertz CT molecular complexity index is 834. The van der Waals surface area contributed by atoms with E-state index in [1.165, 1.54) is 22.7 Å². The third kappa shape index (κ3) is 3.38. The summed E-state index contributed by atoms with van der Waals surface area (Å²) in [5, 5.41) is 0.384. The Balaban J connectivity index is 1.95. The lowest BCUT2D eigenvalue weighted by molar-refractivity contribution is -0.122. The molecule has 0 N–H and O–H groups in total. The van der Waals surface area contributed by atoms with Crippen LogP contribution in [0.3, 0.4) is 0 Å². The number of rotatable bonds is 3. The van der Waals surface area contributed by atoms with Crippen LogP contribution in [0.15, 0.2) is 58.4 Å². The highest BCUT2D eigenvalue weighted by atomic mass is 32.2. The average molecular weight is 344 g/mol. The summed E-state index contributed by atoms with van der Waals surface area (Å²) in [4.78, 5) is 18.7. The van der Waals surface area contributed by atoms with Crippen molar-refractivity contribution in [3.8, 4) is 0 Å². The zero-order chi connectivity index (χ0) is 17.1. The highest BCUT2D eigenvalue weighted by molar-refractivity contribution is 8.18. The number of aliphatic imine (C=N–C) groups is 1. The van der Waals surface area contributed by atoms with Crippen molar-refractivity contribution >= 4 is 34.6 Å². The molecule has 2 aromatic rings. The molecule has 3 nitrogen and oxygen atoms in total. The Labute approximate surface area is 142 Å². The molecule has 122 valence electrons. The molecule has 0 saturated carbocycles. The van der Waals surface area contributed by atoms with Crippen molar-refractivity contribution in [2.45, 2.75) is 6.92 Å². The Hall–Kier alpha value is -2.47. The van der Waals surface area contributed by atoms with Gasteiger partial charge in [-0.2, -0.15) is 0 Å². The third-order valence-corrected chi connectivity index (χ3v) is 4.43. The van der Waals surface area contributed by atoms with Crippen LogP contribution in [0.25, 0.3) is 6.08 Å². The molecule has 1 amide bonds. The van der Waals surface area contributed by atoms with E-state index in [0.717, 1.165) is 17.7 Å². The first-order valence-corrected chi connectivity index (χ1v) is 8.20. The van der Waals surface area contributed by atoms with Crippen molar-refractivity contribution in [3.05, 3.63) is 70.6 Å². The minimum atomic E-state index is -0.757. The van der Waals surface area contributed by atoms with Crippen LogP contribution in [-0.2, 0) is 4.79 Å². The van der Waals surface area contributed by atoms with E-state index in [1.54, 1.807) is 6.08 Å². The standard InChI is InChI=1S/C18H14F2N2OS/c1-2-22-17(23)16(10-12-6-4-3-5-7-12)24-18(22)21-15-9-8-13(19)11-14(15)20/h3-11H,2H2,1H3/b16-10+,21-18?. The summed E-state index contributed by atoms with van der Waals surface area (Å²) in [6.07, 6.45) is 1.78. The topological polar surface area (TPSA) is 32.7 Å². The number of carbonyl (C=O) groups excluding carboxylic acids is 1. The number of halogens is 2.